The van der Waals surface area contributed by atoms with E-state index in [4.69, 9.17) is 24.9 Å². The van der Waals surface area contributed by atoms with Gasteiger partial charge in [-0.2, -0.15) is 10.5 Å². The van der Waals surface area contributed by atoms with Gasteiger partial charge in [0.05, 0.1) is 51.4 Å². The average molecular weight is 831 g/mol. The highest BCUT2D eigenvalue weighted by Crippen LogP contribution is 2.40. The van der Waals surface area contributed by atoms with Crippen LogP contribution in [0.5, 0.6) is 0 Å². The molecule has 3 heterocycles. The van der Waals surface area contributed by atoms with Gasteiger partial charge in [-0.15, -0.1) is 0 Å². The largest absolute Gasteiger partial charge is 0.308 e. The van der Waals surface area contributed by atoms with Crippen molar-refractivity contribution in [3.8, 4) is 97.0 Å². The first-order valence-electron chi connectivity index (χ1n) is 21.1. The average Bonchev–Trinajstić information content (AvgIpc) is 3.72. The fraction of sp³-hybridized carbons (Fsp3) is 0. The van der Waals surface area contributed by atoms with Crippen molar-refractivity contribution in [1.82, 2.24) is 29.5 Å². The van der Waals surface area contributed by atoms with Crippen LogP contribution >= 0.6 is 0 Å². The van der Waals surface area contributed by atoms with Gasteiger partial charge in [-0.25, -0.2) is 24.9 Å². The molecule has 8 nitrogen and oxygen atoms in total. The first kappa shape index (κ1) is 38.5. The Labute approximate surface area is 374 Å². The Bertz CT molecular complexity index is 3520. The summed E-state index contributed by atoms with van der Waals surface area (Å²) in [7, 11) is 0. The van der Waals surface area contributed by atoms with E-state index in [2.05, 4.69) is 89.5 Å². The zero-order chi connectivity index (χ0) is 43.7. The predicted molar refractivity (Wildman–Crippen MR) is 257 cm³/mol. The molecule has 0 saturated carbocycles. The van der Waals surface area contributed by atoms with Crippen molar-refractivity contribution in [2.24, 2.45) is 0 Å². The third-order valence-electron chi connectivity index (χ3n) is 11.5. The maximum absolute atomic E-state index is 9.88. The molecule has 65 heavy (non-hydrogen) atoms. The van der Waals surface area contributed by atoms with Gasteiger partial charge in [-0.05, 0) is 65.7 Å². The van der Waals surface area contributed by atoms with E-state index in [9.17, 15) is 10.5 Å². The Morgan fingerprint density at radius 1 is 0.323 bits per heavy atom. The Kier molecular flexibility index (Phi) is 9.78. The lowest BCUT2D eigenvalue weighted by Gasteiger charge is -2.17. The van der Waals surface area contributed by atoms with Gasteiger partial charge in [0.25, 0.3) is 0 Å². The van der Waals surface area contributed by atoms with E-state index in [1.807, 2.05) is 127 Å². The monoisotopic (exact) mass is 830 g/mol. The number of hydrogen-bond donors (Lipinski definition) is 0. The fourth-order valence-electron chi connectivity index (χ4n) is 8.40. The van der Waals surface area contributed by atoms with Crippen LogP contribution in [0.4, 0.5) is 0 Å². The summed E-state index contributed by atoms with van der Waals surface area (Å²) >= 11 is 0. The normalized spacial score (nSPS) is 11.0. The molecule has 8 heteroatoms. The fourth-order valence-corrected chi connectivity index (χ4v) is 8.40. The van der Waals surface area contributed by atoms with Gasteiger partial charge in [-0.1, -0.05) is 152 Å². The summed E-state index contributed by atoms with van der Waals surface area (Å²) in [5, 5.41) is 21.9. The molecule has 11 aromatic rings. The summed E-state index contributed by atoms with van der Waals surface area (Å²) in [6, 6.07) is 72.9. The summed E-state index contributed by atoms with van der Waals surface area (Å²) in [4.78, 5) is 25.9. The van der Waals surface area contributed by atoms with Crippen molar-refractivity contribution in [2.45, 2.75) is 0 Å². The lowest BCUT2D eigenvalue weighted by molar-refractivity contribution is 1.07. The van der Waals surface area contributed by atoms with E-state index in [1.54, 1.807) is 6.07 Å². The molecule has 0 aliphatic rings. The van der Waals surface area contributed by atoms with E-state index < -0.39 is 0 Å². The maximum Gasteiger partial charge on any atom is 0.164 e. The lowest BCUT2D eigenvalue weighted by atomic mass is 9.99. The van der Waals surface area contributed by atoms with Crippen molar-refractivity contribution in [1.29, 1.82) is 10.5 Å². The van der Waals surface area contributed by atoms with E-state index in [1.165, 1.54) is 0 Å². The van der Waals surface area contributed by atoms with Crippen LogP contribution in [0, 0.1) is 22.7 Å². The van der Waals surface area contributed by atoms with Crippen molar-refractivity contribution in [3.63, 3.8) is 0 Å². The zero-order valence-corrected chi connectivity index (χ0v) is 34.7. The van der Waals surface area contributed by atoms with E-state index in [0.29, 0.717) is 34.4 Å². The summed E-state index contributed by atoms with van der Waals surface area (Å²) < 4.78 is 2.26. The molecule has 0 amide bonds. The van der Waals surface area contributed by atoms with Crippen LogP contribution in [0.25, 0.3) is 107 Å². The van der Waals surface area contributed by atoms with Crippen LogP contribution in [-0.2, 0) is 0 Å². The first-order valence-corrected chi connectivity index (χ1v) is 21.1. The topological polar surface area (TPSA) is 117 Å². The molecule has 3 aromatic heterocycles. The van der Waals surface area contributed by atoms with Crippen LogP contribution in [0.3, 0.4) is 0 Å². The molecule has 0 aliphatic heterocycles. The SMILES string of the molecule is N#Cc1cc(C#N)cc(-c2ccc3c4ccccc4n(-c4ccc(-c5nc(-c6ccccc6)nc(-c6ccccc6)n5)cc4-c4nc(-c5ccccc5)cc(-c5ccccc5)n4)c3c2)c1. The highest BCUT2D eigenvalue weighted by molar-refractivity contribution is 6.10. The van der Waals surface area contributed by atoms with Gasteiger partial charge in [-0.3, -0.25) is 0 Å². The van der Waals surface area contributed by atoms with Gasteiger partial charge in [0.15, 0.2) is 23.3 Å². The lowest BCUT2D eigenvalue weighted by Crippen LogP contribution is -2.04. The van der Waals surface area contributed by atoms with Gasteiger partial charge in [0, 0.05) is 44.2 Å². The number of nitrogens with zero attached hydrogens (tertiary/aromatic N) is 8. The highest BCUT2D eigenvalue weighted by Gasteiger charge is 2.22. The number of rotatable bonds is 8. The Morgan fingerprint density at radius 3 is 1.35 bits per heavy atom. The van der Waals surface area contributed by atoms with Gasteiger partial charge >= 0.3 is 0 Å². The van der Waals surface area contributed by atoms with Gasteiger partial charge < -0.3 is 4.57 Å². The standard InChI is InChI=1S/C57H34N8/c58-35-37-29-38(36-59)31-45(30-37)43-25-27-47-46-23-13-14-24-51(46)65(53(47)33-43)52-28-26-44(56-63-54(41-19-9-3-10-20-41)62-55(64-56)42-21-11-4-12-22-42)32-48(52)57-60-49(39-15-5-1-6-16-39)34-50(61-57)40-17-7-2-8-18-40/h1-34H. The second-order valence-corrected chi connectivity index (χ2v) is 15.6. The second kappa shape index (κ2) is 16.5. The number of benzene rings is 8. The smallest absolute Gasteiger partial charge is 0.164 e. The van der Waals surface area contributed by atoms with E-state index in [-0.39, 0.29) is 0 Å². The third-order valence-corrected chi connectivity index (χ3v) is 11.5. The van der Waals surface area contributed by atoms with Gasteiger partial charge in [0.2, 0.25) is 0 Å². The Morgan fingerprint density at radius 2 is 0.800 bits per heavy atom. The molecule has 0 atom stereocenters. The van der Waals surface area contributed by atoms with E-state index in [0.717, 1.165) is 83.4 Å². The summed E-state index contributed by atoms with van der Waals surface area (Å²) in [5.41, 5.74) is 12.0. The molecule has 0 fully saturated rings. The molecule has 8 aromatic carbocycles. The minimum atomic E-state index is 0.423. The molecule has 0 spiro atoms. The van der Waals surface area contributed by atoms with Crippen molar-refractivity contribution < 1.29 is 0 Å². The molecule has 0 saturated heterocycles. The number of hydrogen-bond acceptors (Lipinski definition) is 7. The maximum atomic E-state index is 9.88. The van der Waals surface area contributed by atoms with Crippen LogP contribution in [0.2, 0.25) is 0 Å². The van der Waals surface area contributed by atoms with Crippen molar-refractivity contribution in [2.75, 3.05) is 0 Å². The van der Waals surface area contributed by atoms with E-state index >= 15 is 0 Å². The molecule has 0 unspecified atom stereocenters. The Balaban J connectivity index is 1.21. The summed E-state index contributed by atoms with van der Waals surface area (Å²) in [6.45, 7) is 0. The quantitative estimate of drug-likeness (QED) is 0.150. The molecule has 0 N–H and O–H groups in total. The molecule has 0 aliphatic carbocycles. The minimum Gasteiger partial charge on any atom is -0.308 e. The van der Waals surface area contributed by atoms with Gasteiger partial charge in [0.1, 0.15) is 0 Å². The summed E-state index contributed by atoms with van der Waals surface area (Å²) in [6.07, 6.45) is 0. The number of aromatic nitrogens is 6. The summed E-state index contributed by atoms with van der Waals surface area (Å²) in [5.74, 6) is 2.14. The number of fused-ring (bicyclic) bond motifs is 3. The molecular weight excluding hydrogens is 797 g/mol. The Hall–Kier alpha value is -9.37. The molecule has 302 valence electrons. The zero-order valence-electron chi connectivity index (χ0n) is 34.7. The molecule has 0 bridgehead atoms. The molecule has 11 rings (SSSR count). The number of para-hydroxylation sites is 1. The highest BCUT2D eigenvalue weighted by atomic mass is 15.0. The van der Waals surface area contributed by atoms with Crippen LogP contribution in [0.15, 0.2) is 206 Å². The predicted octanol–water partition coefficient (Wildman–Crippen LogP) is 13.2. The van der Waals surface area contributed by atoms with Crippen molar-refractivity contribution in [3.05, 3.63) is 217 Å². The third kappa shape index (κ3) is 7.34. The minimum absolute atomic E-state index is 0.423. The second-order valence-electron chi connectivity index (χ2n) is 15.6. The first-order chi connectivity index (χ1) is 32.1. The molecular formula is C57H34N8. The molecule has 0 radical (unpaired) electrons. The van der Waals surface area contributed by atoms with Crippen LogP contribution in [-0.4, -0.2) is 29.5 Å². The van der Waals surface area contributed by atoms with Crippen LogP contribution < -0.4 is 0 Å². The van der Waals surface area contributed by atoms with Crippen LogP contribution in [0.1, 0.15) is 11.1 Å². The number of nitriles is 2. The van der Waals surface area contributed by atoms with Crippen molar-refractivity contribution >= 4 is 21.8 Å².